The molecule has 0 saturated carbocycles. The minimum Gasteiger partial charge on any atom is -0.665 e. The Bertz CT molecular complexity index is 55.2. The Morgan fingerprint density at radius 1 is 0.381 bits per heavy atom. The van der Waals surface area contributed by atoms with Gasteiger partial charge in [-0.1, -0.05) is 34.6 Å². The molecule has 6 heteroatoms. The van der Waals surface area contributed by atoms with Crippen LogP contribution in [0.4, 0.5) is 0 Å². The Labute approximate surface area is 149 Å². The second-order valence-corrected chi connectivity index (χ2v) is 3.16. The van der Waals surface area contributed by atoms with Gasteiger partial charge in [0.15, 0.2) is 0 Å². The first-order chi connectivity index (χ1) is 9.57. The van der Waals surface area contributed by atoms with E-state index in [2.05, 4.69) is 26.6 Å². The maximum absolute atomic E-state index is 3.74. The van der Waals surface area contributed by atoms with E-state index in [9.17, 15) is 0 Å². The van der Waals surface area contributed by atoms with Crippen molar-refractivity contribution in [2.24, 2.45) is 0 Å². The summed E-state index contributed by atoms with van der Waals surface area (Å²) in [5.74, 6) is 0. The molecule has 0 fully saturated rings. The van der Waals surface area contributed by atoms with Crippen LogP contribution in [0.2, 0.25) is 0 Å². The normalized spacial score (nSPS) is 7.14. The number of rotatable bonds is 5. The predicted molar refractivity (Wildman–Crippen MR) is 99.1 cm³/mol. The third-order valence-corrected chi connectivity index (χ3v) is 1.58. The van der Waals surface area contributed by atoms with E-state index in [-0.39, 0.29) is 19.5 Å². The Kier molecular flexibility index (Phi) is 127. The van der Waals surface area contributed by atoms with Crippen LogP contribution in [-0.4, -0.2) is 68.0 Å². The molecular weight excluding hydrogens is 351 g/mol. The molecule has 0 atom stereocenters. The van der Waals surface area contributed by atoms with Gasteiger partial charge in [0.1, 0.15) is 0 Å². The number of hydrogen-bond acceptors (Lipinski definition) is 0. The van der Waals surface area contributed by atoms with E-state index in [0.717, 1.165) is 32.7 Å². The van der Waals surface area contributed by atoms with Gasteiger partial charge in [0.25, 0.3) is 0 Å². The van der Waals surface area contributed by atoms with Crippen LogP contribution in [-0.2, 0) is 19.5 Å². The van der Waals surface area contributed by atoms with Gasteiger partial charge >= 0.3 is 19.5 Å². The van der Waals surface area contributed by atoms with E-state index in [1.54, 1.807) is 35.2 Å². The molecule has 0 N–H and O–H groups in total. The van der Waals surface area contributed by atoms with E-state index < -0.39 is 0 Å². The van der Waals surface area contributed by atoms with Crippen molar-refractivity contribution in [1.82, 2.24) is 0 Å². The molecule has 0 aromatic heterocycles. The zero-order valence-corrected chi connectivity index (χ0v) is 17.9. The summed E-state index contributed by atoms with van der Waals surface area (Å²) in [4.78, 5) is 0. The average Bonchev–Trinajstić information content (AvgIpc) is 2.55. The number of hydrogen-bond donors (Lipinski definition) is 0. The molecule has 0 aromatic rings. The Morgan fingerprint density at radius 3 is 0.429 bits per heavy atom. The van der Waals surface area contributed by atoms with Crippen molar-refractivity contribution in [3.8, 4) is 0 Å². The van der Waals surface area contributed by atoms with Gasteiger partial charge < -0.3 is 26.6 Å². The maximum Gasteiger partial charge on any atom is 5.00 e. The van der Waals surface area contributed by atoms with Gasteiger partial charge in [0.05, 0.1) is 0 Å². The van der Waals surface area contributed by atoms with Crippen molar-refractivity contribution in [1.29, 1.82) is 0 Å². The molecule has 0 amide bonds. The van der Waals surface area contributed by atoms with Crippen molar-refractivity contribution < 1.29 is 19.5 Å². The van der Waals surface area contributed by atoms with Crippen molar-refractivity contribution in [2.45, 2.75) is 34.6 Å². The number of nitrogens with zero attached hydrogens (tertiary/aromatic N) is 5. The van der Waals surface area contributed by atoms with Crippen molar-refractivity contribution in [2.75, 3.05) is 68.0 Å². The van der Waals surface area contributed by atoms with Gasteiger partial charge in [0, 0.05) is 0 Å². The van der Waals surface area contributed by atoms with E-state index in [0.29, 0.717) is 0 Å². The standard InChI is InChI=1S/5C3H8N.Ru/c5*1-3-4-2;/h5*3H2,1-2H3;/q5*-1;+5. The summed E-state index contributed by atoms with van der Waals surface area (Å²) in [6.07, 6.45) is 0. The molecule has 0 unspecified atom stereocenters. The predicted octanol–water partition coefficient (Wildman–Crippen LogP) is 5.05. The van der Waals surface area contributed by atoms with Crippen molar-refractivity contribution >= 4 is 0 Å². The molecule has 5 nitrogen and oxygen atoms in total. The summed E-state index contributed by atoms with van der Waals surface area (Å²) >= 11 is 0. The van der Waals surface area contributed by atoms with Crippen LogP contribution in [0.25, 0.3) is 26.6 Å². The fourth-order valence-corrected chi connectivity index (χ4v) is 0. The zero-order valence-electron chi connectivity index (χ0n) is 16.1. The topological polar surface area (TPSA) is 70.5 Å². The first-order valence-electron chi connectivity index (χ1n) is 7.35. The maximum atomic E-state index is 3.74. The van der Waals surface area contributed by atoms with Crippen molar-refractivity contribution in [3.05, 3.63) is 26.6 Å². The van der Waals surface area contributed by atoms with Gasteiger partial charge in [-0.05, 0) is 0 Å². The molecular formula is C15H40N5Ru. The smallest absolute Gasteiger partial charge is 0.665 e. The zero-order chi connectivity index (χ0) is 17.1. The van der Waals surface area contributed by atoms with Crippen molar-refractivity contribution in [3.63, 3.8) is 0 Å². The minimum atomic E-state index is 0. The summed E-state index contributed by atoms with van der Waals surface area (Å²) < 4.78 is 0. The van der Waals surface area contributed by atoms with Gasteiger partial charge in [0.2, 0.25) is 0 Å². The molecule has 21 heavy (non-hydrogen) atoms. The average molecular weight is 392 g/mol. The summed E-state index contributed by atoms with van der Waals surface area (Å²) in [6, 6.07) is 0. The van der Waals surface area contributed by atoms with Crippen LogP contribution in [0.15, 0.2) is 0 Å². The second kappa shape index (κ2) is 70.9. The van der Waals surface area contributed by atoms with Crippen LogP contribution in [0.3, 0.4) is 0 Å². The first-order valence-corrected chi connectivity index (χ1v) is 7.35. The molecule has 0 rings (SSSR count). The van der Waals surface area contributed by atoms with Crippen LogP contribution in [0.1, 0.15) is 34.6 Å². The monoisotopic (exact) mass is 392 g/mol. The minimum absolute atomic E-state index is 0. The largest absolute Gasteiger partial charge is 5.00 e. The fraction of sp³-hybridized carbons (Fsp3) is 1.00. The van der Waals surface area contributed by atoms with Gasteiger partial charge in [-0.25, -0.2) is 0 Å². The molecule has 1 radical (unpaired) electrons. The quantitative estimate of drug-likeness (QED) is 0.589. The molecule has 0 aromatic carbocycles. The molecule has 0 aliphatic heterocycles. The molecule has 0 aliphatic rings. The summed E-state index contributed by atoms with van der Waals surface area (Å²) in [7, 11) is 9.03. The van der Waals surface area contributed by atoms with Crippen LogP contribution in [0, 0.1) is 0 Å². The molecule has 133 valence electrons. The first kappa shape index (κ1) is 37.6. The Hall–Kier alpha value is 0.423. The third-order valence-electron chi connectivity index (χ3n) is 1.58. The van der Waals surface area contributed by atoms with Gasteiger partial charge in [-0.15, -0.1) is 0 Å². The summed E-state index contributed by atoms with van der Waals surface area (Å²) in [5.41, 5.74) is 0. The van der Waals surface area contributed by atoms with Crippen LogP contribution < -0.4 is 0 Å². The van der Waals surface area contributed by atoms with Crippen LogP contribution >= 0.6 is 0 Å². The molecule has 0 saturated heterocycles. The van der Waals surface area contributed by atoms with Gasteiger partial charge in [-0.2, -0.15) is 68.0 Å². The van der Waals surface area contributed by atoms with Gasteiger partial charge in [-0.3, -0.25) is 0 Å². The van der Waals surface area contributed by atoms with E-state index in [1.165, 1.54) is 0 Å². The molecule has 0 bridgehead atoms. The van der Waals surface area contributed by atoms with E-state index in [4.69, 9.17) is 0 Å². The van der Waals surface area contributed by atoms with E-state index >= 15 is 0 Å². The SMILES string of the molecule is CC[N-]C.CC[N-]C.CC[N-]C.CC[N-]C.CC[N-]C.[Ru+5]. The molecule has 0 aliphatic carbocycles. The Morgan fingerprint density at radius 2 is 0.429 bits per heavy atom. The third kappa shape index (κ3) is 236. The Balaban J connectivity index is -0.0000000331. The van der Waals surface area contributed by atoms with Crippen LogP contribution in [0.5, 0.6) is 0 Å². The molecule has 0 heterocycles. The summed E-state index contributed by atoms with van der Waals surface area (Å²) in [5, 5.41) is 18.7. The second-order valence-electron chi connectivity index (χ2n) is 3.16. The molecule has 0 spiro atoms. The van der Waals surface area contributed by atoms with E-state index in [1.807, 2.05) is 34.6 Å². The summed E-state index contributed by atoms with van der Waals surface area (Å²) in [6.45, 7) is 14.8. The fourth-order valence-electron chi connectivity index (χ4n) is 0.